The summed E-state index contributed by atoms with van der Waals surface area (Å²) < 4.78 is 0. The van der Waals surface area contributed by atoms with Crippen molar-refractivity contribution in [2.45, 2.75) is 44.9 Å². The van der Waals surface area contributed by atoms with Crippen molar-refractivity contribution >= 4 is 23.1 Å². The number of nitrogens with zero attached hydrogens (tertiary/aromatic N) is 1. The Morgan fingerprint density at radius 1 is 1.44 bits per heavy atom. The molecule has 1 aliphatic rings. The van der Waals surface area contributed by atoms with Gasteiger partial charge in [0, 0.05) is 40.7 Å². The van der Waals surface area contributed by atoms with Gasteiger partial charge in [-0.05, 0) is 45.2 Å². The van der Waals surface area contributed by atoms with E-state index in [2.05, 4.69) is 42.6 Å². The van der Waals surface area contributed by atoms with Crippen molar-refractivity contribution < 1.29 is 0 Å². The summed E-state index contributed by atoms with van der Waals surface area (Å²) >= 11 is 3.88. The van der Waals surface area contributed by atoms with Gasteiger partial charge in [0.1, 0.15) is 0 Å². The van der Waals surface area contributed by atoms with Gasteiger partial charge in [0.05, 0.1) is 0 Å². The lowest BCUT2D eigenvalue weighted by Gasteiger charge is -2.23. The number of hydrogen-bond donors (Lipinski definition) is 1. The summed E-state index contributed by atoms with van der Waals surface area (Å²) in [7, 11) is 2.22. The fourth-order valence-electron chi connectivity index (χ4n) is 1.90. The molecule has 0 amide bonds. The van der Waals surface area contributed by atoms with Crippen LogP contribution in [-0.2, 0) is 13.1 Å². The van der Waals surface area contributed by atoms with E-state index in [4.69, 9.17) is 0 Å². The van der Waals surface area contributed by atoms with E-state index in [0.29, 0.717) is 6.04 Å². The first-order chi connectivity index (χ1) is 8.69. The Kier molecular flexibility index (Phi) is 5.55. The molecule has 2 rings (SSSR count). The number of rotatable bonds is 8. The van der Waals surface area contributed by atoms with Gasteiger partial charge in [0.2, 0.25) is 0 Å². The van der Waals surface area contributed by atoms with Crippen LogP contribution in [0.25, 0.3) is 0 Å². The van der Waals surface area contributed by atoms with Crippen LogP contribution in [0.15, 0.2) is 12.1 Å². The Morgan fingerprint density at radius 2 is 2.17 bits per heavy atom. The summed E-state index contributed by atoms with van der Waals surface area (Å²) in [4.78, 5) is 5.40. The predicted molar refractivity (Wildman–Crippen MR) is 83.5 cm³/mol. The molecular formula is C14H24N2S2. The van der Waals surface area contributed by atoms with Crippen molar-refractivity contribution in [2.75, 3.05) is 19.1 Å². The van der Waals surface area contributed by atoms with Gasteiger partial charge in [-0.2, -0.15) is 11.8 Å². The Labute approximate surface area is 119 Å². The smallest absolute Gasteiger partial charge is 0.0328 e. The second-order valence-electron chi connectivity index (χ2n) is 5.24. The molecule has 1 fully saturated rings. The van der Waals surface area contributed by atoms with Crippen LogP contribution in [0.5, 0.6) is 0 Å². The molecule has 18 heavy (non-hydrogen) atoms. The van der Waals surface area contributed by atoms with E-state index in [0.717, 1.165) is 19.1 Å². The largest absolute Gasteiger partial charge is 0.309 e. The maximum atomic E-state index is 3.58. The first-order valence-corrected chi connectivity index (χ1v) is 8.90. The zero-order chi connectivity index (χ0) is 13.0. The van der Waals surface area contributed by atoms with Gasteiger partial charge in [-0.1, -0.05) is 0 Å². The summed E-state index contributed by atoms with van der Waals surface area (Å²) in [5.41, 5.74) is 0. The molecule has 0 aliphatic heterocycles. The fraction of sp³-hybridized carbons (Fsp3) is 0.714. The predicted octanol–water partition coefficient (Wildman–Crippen LogP) is 3.18. The Hall–Kier alpha value is -0.0300. The van der Waals surface area contributed by atoms with Gasteiger partial charge >= 0.3 is 0 Å². The molecule has 1 unspecified atom stereocenters. The van der Waals surface area contributed by atoms with Crippen LogP contribution in [0, 0.1) is 0 Å². The standard InChI is InChI=1S/C14H24N2S2/c1-11(10-17-3)16(2)9-14-7-6-13(18-14)8-15-12-4-5-12/h6-7,11-12,15H,4-5,8-10H2,1-3H3. The molecule has 102 valence electrons. The van der Waals surface area contributed by atoms with E-state index in [1.807, 2.05) is 23.1 Å². The van der Waals surface area contributed by atoms with Gasteiger partial charge < -0.3 is 5.32 Å². The molecule has 1 N–H and O–H groups in total. The minimum Gasteiger partial charge on any atom is -0.309 e. The molecule has 1 aromatic heterocycles. The summed E-state index contributed by atoms with van der Waals surface area (Å²) in [6, 6.07) is 6.02. The average molecular weight is 284 g/mol. The van der Waals surface area contributed by atoms with E-state index in [1.165, 1.54) is 28.3 Å². The highest BCUT2D eigenvalue weighted by Crippen LogP contribution is 2.22. The van der Waals surface area contributed by atoms with Crippen LogP contribution < -0.4 is 5.32 Å². The first-order valence-electron chi connectivity index (χ1n) is 6.69. The molecule has 0 spiro atoms. The topological polar surface area (TPSA) is 15.3 Å². The number of hydrogen-bond acceptors (Lipinski definition) is 4. The molecule has 1 heterocycles. The normalized spacial score (nSPS) is 17.3. The van der Waals surface area contributed by atoms with Crippen LogP contribution in [0.4, 0.5) is 0 Å². The van der Waals surface area contributed by atoms with Gasteiger partial charge in [-0.25, -0.2) is 0 Å². The third kappa shape index (κ3) is 4.57. The molecule has 1 saturated carbocycles. The molecule has 0 aromatic carbocycles. The number of thiophene rings is 1. The SMILES string of the molecule is CSCC(C)N(C)Cc1ccc(CNC2CC2)s1. The van der Waals surface area contributed by atoms with Crippen LogP contribution in [-0.4, -0.2) is 36.0 Å². The Balaban J connectivity index is 1.77. The first kappa shape index (κ1) is 14.4. The van der Waals surface area contributed by atoms with Crippen LogP contribution in [0.1, 0.15) is 29.5 Å². The molecule has 1 atom stereocenters. The lowest BCUT2D eigenvalue weighted by Crippen LogP contribution is -2.30. The molecule has 1 aliphatic carbocycles. The van der Waals surface area contributed by atoms with Crippen LogP contribution in [0.2, 0.25) is 0 Å². The molecule has 0 saturated heterocycles. The summed E-state index contributed by atoms with van der Waals surface area (Å²) in [5, 5.41) is 3.58. The second kappa shape index (κ2) is 6.94. The molecule has 0 bridgehead atoms. The highest BCUT2D eigenvalue weighted by molar-refractivity contribution is 7.98. The monoisotopic (exact) mass is 284 g/mol. The van der Waals surface area contributed by atoms with Gasteiger partial charge in [0.25, 0.3) is 0 Å². The molecule has 2 nitrogen and oxygen atoms in total. The minimum absolute atomic E-state index is 0.648. The highest BCUT2D eigenvalue weighted by Gasteiger charge is 2.20. The van der Waals surface area contributed by atoms with Gasteiger partial charge in [-0.15, -0.1) is 11.3 Å². The van der Waals surface area contributed by atoms with E-state index in [1.54, 1.807) is 0 Å². The third-order valence-electron chi connectivity index (χ3n) is 3.43. The summed E-state index contributed by atoms with van der Waals surface area (Å²) in [5.74, 6) is 1.21. The third-order valence-corrected chi connectivity index (χ3v) is 5.31. The van der Waals surface area contributed by atoms with Crippen molar-refractivity contribution in [1.29, 1.82) is 0 Å². The minimum atomic E-state index is 0.648. The Bertz CT molecular complexity index is 360. The van der Waals surface area contributed by atoms with Crippen molar-refractivity contribution in [3.8, 4) is 0 Å². The van der Waals surface area contributed by atoms with E-state index in [-0.39, 0.29) is 0 Å². The van der Waals surface area contributed by atoms with Crippen LogP contribution >= 0.6 is 23.1 Å². The summed E-state index contributed by atoms with van der Waals surface area (Å²) in [6.45, 7) is 4.44. The number of nitrogens with one attached hydrogen (secondary N) is 1. The van der Waals surface area contributed by atoms with Gasteiger partial charge in [0.15, 0.2) is 0 Å². The maximum Gasteiger partial charge on any atom is 0.0328 e. The quantitative estimate of drug-likeness (QED) is 0.789. The molecule has 4 heteroatoms. The lowest BCUT2D eigenvalue weighted by molar-refractivity contribution is 0.272. The summed E-state index contributed by atoms with van der Waals surface area (Å²) in [6.07, 6.45) is 4.91. The van der Waals surface area contributed by atoms with Crippen molar-refractivity contribution in [1.82, 2.24) is 10.2 Å². The molecule has 1 aromatic rings. The van der Waals surface area contributed by atoms with Crippen LogP contribution in [0.3, 0.4) is 0 Å². The van der Waals surface area contributed by atoms with E-state index >= 15 is 0 Å². The second-order valence-corrected chi connectivity index (χ2v) is 7.41. The Morgan fingerprint density at radius 3 is 2.83 bits per heavy atom. The highest BCUT2D eigenvalue weighted by atomic mass is 32.2. The maximum absolute atomic E-state index is 3.58. The number of thioether (sulfide) groups is 1. The van der Waals surface area contributed by atoms with Crippen molar-refractivity contribution in [3.05, 3.63) is 21.9 Å². The van der Waals surface area contributed by atoms with Crippen molar-refractivity contribution in [3.63, 3.8) is 0 Å². The zero-order valence-electron chi connectivity index (χ0n) is 11.6. The van der Waals surface area contributed by atoms with Crippen molar-refractivity contribution in [2.24, 2.45) is 0 Å². The molecule has 0 radical (unpaired) electrons. The molecular weight excluding hydrogens is 260 g/mol. The van der Waals surface area contributed by atoms with E-state index in [9.17, 15) is 0 Å². The average Bonchev–Trinajstić information content (AvgIpc) is 3.08. The zero-order valence-corrected chi connectivity index (χ0v) is 13.2. The van der Waals surface area contributed by atoms with E-state index < -0.39 is 0 Å². The lowest BCUT2D eigenvalue weighted by atomic mass is 10.3. The fourth-order valence-corrected chi connectivity index (χ4v) is 3.67. The van der Waals surface area contributed by atoms with Gasteiger partial charge in [-0.3, -0.25) is 4.90 Å².